The zero-order valence-electron chi connectivity index (χ0n) is 6.14. The monoisotopic (exact) mass is 170 g/mol. The fourth-order valence-electron chi connectivity index (χ4n) is 0.809. The van der Waals surface area contributed by atoms with Gasteiger partial charge in [0.2, 0.25) is 0 Å². The topological polar surface area (TPSA) is 0 Å². The molecule has 0 aromatic heterocycles. The van der Waals surface area contributed by atoms with Crippen molar-refractivity contribution in [3.05, 3.63) is 40.7 Å². The van der Waals surface area contributed by atoms with Crippen LogP contribution < -0.4 is 0 Å². The highest BCUT2D eigenvalue weighted by molar-refractivity contribution is 6.30. The van der Waals surface area contributed by atoms with Gasteiger partial charge in [-0.25, -0.2) is 4.39 Å². The molecule has 0 atom stereocenters. The Morgan fingerprint density at radius 2 is 2.18 bits per heavy atom. The van der Waals surface area contributed by atoms with Crippen LogP contribution in [-0.4, -0.2) is 0 Å². The van der Waals surface area contributed by atoms with Gasteiger partial charge in [0.05, 0.1) is 5.02 Å². The molecule has 1 aromatic rings. The van der Waals surface area contributed by atoms with Crippen LogP contribution in [0, 0.1) is 5.82 Å². The number of hydrogen-bond acceptors (Lipinski definition) is 0. The van der Waals surface area contributed by atoms with Crippen LogP contribution in [-0.2, 0) is 0 Å². The summed E-state index contributed by atoms with van der Waals surface area (Å²) in [7, 11) is 0. The van der Waals surface area contributed by atoms with Crippen molar-refractivity contribution >= 4 is 17.7 Å². The lowest BCUT2D eigenvalue weighted by Gasteiger charge is -1.94. The van der Waals surface area contributed by atoms with E-state index in [1.165, 1.54) is 6.07 Å². The molecule has 2 heteroatoms. The molecule has 0 nitrogen and oxygen atoms in total. The van der Waals surface area contributed by atoms with E-state index in [4.69, 9.17) is 11.6 Å². The predicted octanol–water partition coefficient (Wildman–Crippen LogP) is 3.51. The Morgan fingerprint density at radius 3 is 2.73 bits per heavy atom. The van der Waals surface area contributed by atoms with Crippen LogP contribution in [0.1, 0.15) is 12.5 Å². The fourth-order valence-corrected chi connectivity index (χ4v) is 0.926. The summed E-state index contributed by atoms with van der Waals surface area (Å²) in [6, 6.07) is 4.72. The molecule has 0 fully saturated rings. The van der Waals surface area contributed by atoms with Crippen LogP contribution in [0.5, 0.6) is 0 Å². The second-order valence-corrected chi connectivity index (χ2v) is 2.58. The first-order valence-corrected chi connectivity index (χ1v) is 3.69. The van der Waals surface area contributed by atoms with Crippen molar-refractivity contribution in [2.75, 3.05) is 0 Å². The summed E-state index contributed by atoms with van der Waals surface area (Å²) in [5, 5.41) is 0.165. The third kappa shape index (κ3) is 2.05. The van der Waals surface area contributed by atoms with Gasteiger partial charge in [0, 0.05) is 0 Å². The second-order valence-electron chi connectivity index (χ2n) is 2.17. The Labute approximate surface area is 70.3 Å². The average molecular weight is 171 g/mol. The maximum atomic E-state index is 12.7. The molecule has 0 aliphatic carbocycles. The summed E-state index contributed by atoms with van der Waals surface area (Å²) in [5.74, 6) is -0.373. The Balaban J connectivity index is 3.05. The third-order valence-electron chi connectivity index (χ3n) is 1.30. The van der Waals surface area contributed by atoms with Crippen LogP contribution in [0.2, 0.25) is 5.02 Å². The molecule has 0 unspecified atom stereocenters. The van der Waals surface area contributed by atoms with Gasteiger partial charge in [0.1, 0.15) is 5.82 Å². The molecular formula is C9H8ClF. The normalized spacial score (nSPS) is 10.8. The van der Waals surface area contributed by atoms with Crippen LogP contribution in [0.4, 0.5) is 4.39 Å². The molecule has 1 rings (SSSR count). The van der Waals surface area contributed by atoms with Crippen molar-refractivity contribution in [3.8, 4) is 0 Å². The Bertz CT molecular complexity index is 279. The van der Waals surface area contributed by atoms with Gasteiger partial charge in [-0.2, -0.15) is 0 Å². The van der Waals surface area contributed by atoms with Gasteiger partial charge < -0.3 is 0 Å². The lowest BCUT2D eigenvalue weighted by molar-refractivity contribution is 0.628. The minimum absolute atomic E-state index is 0.165. The van der Waals surface area contributed by atoms with E-state index in [1.54, 1.807) is 12.1 Å². The highest BCUT2D eigenvalue weighted by Crippen LogP contribution is 2.16. The van der Waals surface area contributed by atoms with Gasteiger partial charge in [-0.15, -0.1) is 0 Å². The van der Waals surface area contributed by atoms with Crippen molar-refractivity contribution in [1.29, 1.82) is 0 Å². The summed E-state index contributed by atoms with van der Waals surface area (Å²) in [5.41, 5.74) is 0.828. The highest BCUT2D eigenvalue weighted by atomic mass is 35.5. The van der Waals surface area contributed by atoms with Crippen LogP contribution >= 0.6 is 11.6 Å². The first-order chi connectivity index (χ1) is 5.24. The zero-order chi connectivity index (χ0) is 8.27. The molecule has 0 amide bonds. The van der Waals surface area contributed by atoms with Gasteiger partial charge in [-0.1, -0.05) is 29.8 Å². The van der Waals surface area contributed by atoms with E-state index in [1.807, 2.05) is 19.1 Å². The molecule has 0 heterocycles. The number of hydrogen-bond donors (Lipinski definition) is 0. The van der Waals surface area contributed by atoms with E-state index < -0.39 is 0 Å². The molecule has 1 aromatic carbocycles. The van der Waals surface area contributed by atoms with E-state index in [2.05, 4.69) is 0 Å². The zero-order valence-corrected chi connectivity index (χ0v) is 6.90. The van der Waals surface area contributed by atoms with Crippen molar-refractivity contribution in [2.24, 2.45) is 0 Å². The van der Waals surface area contributed by atoms with Crippen LogP contribution in [0.3, 0.4) is 0 Å². The first-order valence-electron chi connectivity index (χ1n) is 3.32. The smallest absolute Gasteiger partial charge is 0.142 e. The van der Waals surface area contributed by atoms with Gasteiger partial charge in [-0.3, -0.25) is 0 Å². The summed E-state index contributed by atoms with van der Waals surface area (Å²) >= 11 is 5.48. The molecule has 0 aliphatic rings. The number of benzene rings is 1. The molecule has 0 saturated heterocycles. The molecule has 0 saturated carbocycles. The van der Waals surface area contributed by atoms with Gasteiger partial charge >= 0.3 is 0 Å². The molecule has 11 heavy (non-hydrogen) atoms. The molecule has 0 N–H and O–H groups in total. The van der Waals surface area contributed by atoms with E-state index in [-0.39, 0.29) is 10.8 Å². The SMILES string of the molecule is CC=Cc1ccc(Cl)c(F)c1. The molecule has 0 aliphatic heterocycles. The van der Waals surface area contributed by atoms with Crippen molar-refractivity contribution in [1.82, 2.24) is 0 Å². The number of halogens is 2. The first kappa shape index (κ1) is 8.28. The van der Waals surface area contributed by atoms with E-state index >= 15 is 0 Å². The Hall–Kier alpha value is -0.820. The Morgan fingerprint density at radius 1 is 1.45 bits per heavy atom. The van der Waals surface area contributed by atoms with Crippen molar-refractivity contribution < 1.29 is 4.39 Å². The predicted molar refractivity (Wildman–Crippen MR) is 46.1 cm³/mol. The van der Waals surface area contributed by atoms with E-state index in [0.717, 1.165) is 5.56 Å². The minimum atomic E-state index is -0.373. The van der Waals surface area contributed by atoms with E-state index in [9.17, 15) is 4.39 Å². The standard InChI is InChI=1S/C9H8ClF/c1-2-3-7-4-5-8(10)9(11)6-7/h2-6H,1H3. The summed E-state index contributed by atoms with van der Waals surface area (Å²) in [4.78, 5) is 0. The fraction of sp³-hybridized carbons (Fsp3) is 0.111. The van der Waals surface area contributed by atoms with Crippen LogP contribution in [0.15, 0.2) is 24.3 Å². The quantitative estimate of drug-likeness (QED) is 0.605. The summed E-state index contributed by atoms with van der Waals surface area (Å²) < 4.78 is 12.7. The third-order valence-corrected chi connectivity index (χ3v) is 1.61. The molecule has 0 spiro atoms. The van der Waals surface area contributed by atoms with E-state index in [0.29, 0.717) is 0 Å². The molecule has 58 valence electrons. The lowest BCUT2D eigenvalue weighted by Crippen LogP contribution is -1.77. The molecule has 0 radical (unpaired) electrons. The van der Waals surface area contributed by atoms with Gasteiger partial charge in [0.15, 0.2) is 0 Å². The largest absolute Gasteiger partial charge is 0.205 e. The van der Waals surface area contributed by atoms with Gasteiger partial charge in [-0.05, 0) is 24.6 Å². The molecule has 0 bridgehead atoms. The van der Waals surface area contributed by atoms with Crippen molar-refractivity contribution in [2.45, 2.75) is 6.92 Å². The number of allylic oxidation sites excluding steroid dienone is 1. The highest BCUT2D eigenvalue weighted by Gasteiger charge is 1.97. The summed E-state index contributed by atoms with van der Waals surface area (Å²) in [6.45, 7) is 1.88. The number of rotatable bonds is 1. The van der Waals surface area contributed by atoms with Gasteiger partial charge in [0.25, 0.3) is 0 Å². The second kappa shape index (κ2) is 3.54. The minimum Gasteiger partial charge on any atom is -0.205 e. The summed E-state index contributed by atoms with van der Waals surface area (Å²) in [6.07, 6.45) is 3.67. The maximum absolute atomic E-state index is 12.7. The van der Waals surface area contributed by atoms with Crippen molar-refractivity contribution in [3.63, 3.8) is 0 Å². The average Bonchev–Trinajstić information content (AvgIpc) is 1.98. The maximum Gasteiger partial charge on any atom is 0.142 e. The molecular weight excluding hydrogens is 163 g/mol. The Kier molecular flexibility index (Phi) is 2.66. The lowest BCUT2D eigenvalue weighted by atomic mass is 10.2. The van der Waals surface area contributed by atoms with Crippen LogP contribution in [0.25, 0.3) is 6.08 Å².